The highest BCUT2D eigenvalue weighted by molar-refractivity contribution is 7.12. The fraction of sp³-hybridized carbons (Fsp3) is 0.278. The number of thiophene rings is 1. The van der Waals surface area contributed by atoms with Gasteiger partial charge in [0.05, 0.1) is 10.6 Å². The number of amides is 2. The number of anilines is 1. The minimum atomic E-state index is -3.05. The van der Waals surface area contributed by atoms with E-state index in [1.54, 1.807) is 17.5 Å². The molecule has 0 aliphatic rings. The van der Waals surface area contributed by atoms with Crippen LogP contribution < -0.4 is 15.4 Å². The molecule has 1 heterocycles. The lowest BCUT2D eigenvalue weighted by molar-refractivity contribution is -0.154. The van der Waals surface area contributed by atoms with Gasteiger partial charge in [0, 0.05) is 0 Å². The third kappa shape index (κ3) is 6.02. The fourth-order valence-corrected chi connectivity index (χ4v) is 2.69. The number of carbonyl (C=O) groups excluding carboxylic acids is 3. The van der Waals surface area contributed by atoms with Crippen molar-refractivity contribution in [3.63, 3.8) is 0 Å². The summed E-state index contributed by atoms with van der Waals surface area (Å²) in [7, 11) is 0. The Morgan fingerprint density at radius 2 is 1.79 bits per heavy atom. The first-order valence-electron chi connectivity index (χ1n) is 8.17. The fourth-order valence-electron chi connectivity index (χ4n) is 2.07. The molecular formula is C18H18F2N2O5S. The van der Waals surface area contributed by atoms with Crippen LogP contribution in [0.1, 0.15) is 23.5 Å². The Balaban J connectivity index is 1.91. The number of para-hydroxylation sites is 2. The van der Waals surface area contributed by atoms with E-state index in [4.69, 9.17) is 4.74 Å². The van der Waals surface area contributed by atoms with Crippen LogP contribution in [0.5, 0.6) is 5.75 Å². The van der Waals surface area contributed by atoms with Gasteiger partial charge in [-0.2, -0.15) is 8.78 Å². The number of rotatable bonds is 8. The third-order valence-corrected chi connectivity index (χ3v) is 4.34. The molecule has 1 aromatic carbocycles. The van der Waals surface area contributed by atoms with E-state index < -0.39 is 36.5 Å². The van der Waals surface area contributed by atoms with E-state index in [1.165, 1.54) is 49.4 Å². The van der Waals surface area contributed by atoms with Crippen LogP contribution in [-0.4, -0.2) is 36.5 Å². The number of carbonyl (C=O) groups is 3. The average Bonchev–Trinajstić information content (AvgIpc) is 3.17. The Labute approximate surface area is 163 Å². The zero-order valence-corrected chi connectivity index (χ0v) is 15.8. The predicted octanol–water partition coefficient (Wildman–Crippen LogP) is 3.04. The summed E-state index contributed by atoms with van der Waals surface area (Å²) in [5, 5.41) is 6.55. The minimum absolute atomic E-state index is 0.00902. The molecule has 0 aliphatic heterocycles. The summed E-state index contributed by atoms with van der Waals surface area (Å²) in [4.78, 5) is 36.7. The molecule has 7 nitrogen and oxygen atoms in total. The molecule has 0 saturated carbocycles. The minimum Gasteiger partial charge on any atom is -0.451 e. The van der Waals surface area contributed by atoms with E-state index >= 15 is 0 Å². The molecule has 10 heteroatoms. The van der Waals surface area contributed by atoms with E-state index in [0.717, 1.165) is 0 Å². The third-order valence-electron chi connectivity index (χ3n) is 3.47. The monoisotopic (exact) mass is 412 g/mol. The number of halogens is 2. The van der Waals surface area contributed by atoms with Crippen molar-refractivity contribution < 1.29 is 32.6 Å². The molecule has 2 unspecified atom stereocenters. The Morgan fingerprint density at radius 1 is 1.07 bits per heavy atom. The van der Waals surface area contributed by atoms with Crippen LogP contribution in [0.2, 0.25) is 0 Å². The van der Waals surface area contributed by atoms with Crippen molar-refractivity contribution in [3.8, 4) is 5.75 Å². The first-order chi connectivity index (χ1) is 13.3. The maximum Gasteiger partial charge on any atom is 0.387 e. The second-order valence-corrected chi connectivity index (χ2v) is 6.56. The molecular weight excluding hydrogens is 394 g/mol. The van der Waals surface area contributed by atoms with Gasteiger partial charge in [-0.1, -0.05) is 18.2 Å². The van der Waals surface area contributed by atoms with E-state index in [-0.39, 0.29) is 11.4 Å². The Hall–Kier alpha value is -3.01. The molecule has 0 fully saturated rings. The normalized spacial score (nSPS) is 12.8. The number of alkyl halides is 2. The predicted molar refractivity (Wildman–Crippen MR) is 98.5 cm³/mol. The summed E-state index contributed by atoms with van der Waals surface area (Å²) in [6, 6.07) is 7.94. The van der Waals surface area contributed by atoms with Gasteiger partial charge in [-0.05, 0) is 37.4 Å². The highest BCUT2D eigenvalue weighted by Gasteiger charge is 2.24. The number of benzene rings is 1. The number of esters is 1. The molecule has 1 aromatic heterocycles. The number of nitrogens with one attached hydrogen (secondary N) is 2. The van der Waals surface area contributed by atoms with Gasteiger partial charge < -0.3 is 20.1 Å². The lowest BCUT2D eigenvalue weighted by Crippen LogP contribution is -2.42. The number of hydrogen-bond donors (Lipinski definition) is 2. The summed E-state index contributed by atoms with van der Waals surface area (Å²) in [6.45, 7) is -0.317. The van der Waals surface area contributed by atoms with Crippen molar-refractivity contribution in [2.45, 2.75) is 32.6 Å². The second kappa shape index (κ2) is 9.79. The van der Waals surface area contributed by atoms with Crippen molar-refractivity contribution in [3.05, 3.63) is 46.7 Å². The first-order valence-corrected chi connectivity index (χ1v) is 9.05. The molecule has 2 aromatic rings. The van der Waals surface area contributed by atoms with Crippen LogP contribution in [0.25, 0.3) is 0 Å². The number of ether oxygens (including phenoxy) is 2. The van der Waals surface area contributed by atoms with E-state index in [9.17, 15) is 23.2 Å². The van der Waals surface area contributed by atoms with E-state index in [1.807, 2.05) is 0 Å². The summed E-state index contributed by atoms with van der Waals surface area (Å²) in [6.07, 6.45) is -1.23. The smallest absolute Gasteiger partial charge is 0.387 e. The van der Waals surface area contributed by atoms with Gasteiger partial charge in [0.1, 0.15) is 11.8 Å². The molecule has 0 aliphatic carbocycles. The van der Waals surface area contributed by atoms with Gasteiger partial charge in [0.15, 0.2) is 6.10 Å². The van der Waals surface area contributed by atoms with Crippen LogP contribution in [-0.2, 0) is 14.3 Å². The van der Waals surface area contributed by atoms with Crippen molar-refractivity contribution >= 4 is 34.8 Å². The van der Waals surface area contributed by atoms with Gasteiger partial charge in [-0.15, -0.1) is 11.3 Å². The van der Waals surface area contributed by atoms with Gasteiger partial charge in [0.25, 0.3) is 11.8 Å². The summed E-state index contributed by atoms with van der Waals surface area (Å²) in [5.41, 5.74) is 0.00902. The Kier molecular flexibility index (Phi) is 7.44. The molecule has 2 N–H and O–H groups in total. The molecule has 0 spiro atoms. The highest BCUT2D eigenvalue weighted by Crippen LogP contribution is 2.25. The van der Waals surface area contributed by atoms with E-state index in [2.05, 4.69) is 15.4 Å². The lowest BCUT2D eigenvalue weighted by Gasteiger charge is -2.18. The molecule has 0 saturated heterocycles. The Morgan fingerprint density at radius 3 is 2.43 bits per heavy atom. The van der Waals surface area contributed by atoms with Crippen LogP contribution in [0.15, 0.2) is 41.8 Å². The molecule has 0 bridgehead atoms. The zero-order chi connectivity index (χ0) is 20.7. The molecule has 150 valence electrons. The second-order valence-electron chi connectivity index (χ2n) is 5.62. The van der Waals surface area contributed by atoms with Crippen LogP contribution in [0.4, 0.5) is 14.5 Å². The van der Waals surface area contributed by atoms with Crippen LogP contribution >= 0.6 is 11.3 Å². The average molecular weight is 412 g/mol. The summed E-state index contributed by atoms with van der Waals surface area (Å²) < 4.78 is 34.2. The summed E-state index contributed by atoms with van der Waals surface area (Å²) >= 11 is 1.22. The standard InChI is InChI=1S/C18H18F2N2O5S/c1-10(21-16(24)14-8-5-9-28-14)17(25)26-11(2)15(23)22-12-6-3-4-7-13(12)27-18(19)20/h3-11,18H,1-2H3,(H,21,24)(H,22,23). The maximum atomic E-state index is 12.4. The quantitative estimate of drug-likeness (QED) is 0.650. The summed E-state index contributed by atoms with van der Waals surface area (Å²) in [5.74, 6) is -2.21. The number of hydrogen-bond acceptors (Lipinski definition) is 6. The largest absolute Gasteiger partial charge is 0.451 e. The van der Waals surface area contributed by atoms with Crippen molar-refractivity contribution in [2.75, 3.05) is 5.32 Å². The van der Waals surface area contributed by atoms with Crippen LogP contribution in [0.3, 0.4) is 0 Å². The molecule has 28 heavy (non-hydrogen) atoms. The van der Waals surface area contributed by atoms with Crippen molar-refractivity contribution in [1.29, 1.82) is 0 Å². The lowest BCUT2D eigenvalue weighted by atomic mass is 10.2. The zero-order valence-electron chi connectivity index (χ0n) is 15.0. The van der Waals surface area contributed by atoms with Crippen LogP contribution in [0, 0.1) is 0 Å². The molecule has 2 rings (SSSR count). The maximum absolute atomic E-state index is 12.4. The molecule has 0 radical (unpaired) electrons. The van der Waals surface area contributed by atoms with Crippen molar-refractivity contribution in [1.82, 2.24) is 5.32 Å². The first kappa shape index (κ1) is 21.3. The van der Waals surface area contributed by atoms with Gasteiger partial charge >= 0.3 is 12.6 Å². The van der Waals surface area contributed by atoms with Crippen molar-refractivity contribution in [2.24, 2.45) is 0 Å². The molecule has 2 atom stereocenters. The Bertz CT molecular complexity index is 829. The molecule has 2 amide bonds. The van der Waals surface area contributed by atoms with Gasteiger partial charge in [-0.25, -0.2) is 4.79 Å². The highest BCUT2D eigenvalue weighted by atomic mass is 32.1. The van der Waals surface area contributed by atoms with Gasteiger partial charge in [0.2, 0.25) is 0 Å². The van der Waals surface area contributed by atoms with Gasteiger partial charge in [-0.3, -0.25) is 9.59 Å². The SMILES string of the molecule is CC(NC(=O)c1cccs1)C(=O)OC(C)C(=O)Nc1ccccc1OC(F)F. The van der Waals surface area contributed by atoms with E-state index in [0.29, 0.717) is 4.88 Å². The topological polar surface area (TPSA) is 93.7 Å².